The van der Waals surface area contributed by atoms with Crippen LogP contribution in [0.4, 0.5) is 10.5 Å². The first-order valence-corrected chi connectivity index (χ1v) is 15.6. The van der Waals surface area contributed by atoms with E-state index in [1.54, 1.807) is 10.0 Å². The monoisotopic (exact) mass is 583 g/mol. The Labute approximate surface area is 255 Å². The molecule has 0 unspecified atom stereocenters. The van der Waals surface area contributed by atoms with Crippen molar-refractivity contribution in [2.45, 2.75) is 58.4 Å². The molecule has 0 bridgehead atoms. The van der Waals surface area contributed by atoms with E-state index < -0.39 is 6.09 Å². The highest BCUT2D eigenvalue weighted by Gasteiger charge is 2.29. The van der Waals surface area contributed by atoms with Crippen LogP contribution >= 0.6 is 0 Å². The van der Waals surface area contributed by atoms with E-state index >= 15 is 0 Å². The zero-order chi connectivity index (χ0) is 29.9. The number of nitrogens with zero attached hydrogens (tertiary/aromatic N) is 3. The fourth-order valence-electron chi connectivity index (χ4n) is 5.59. The van der Waals surface area contributed by atoms with Crippen molar-refractivity contribution in [1.82, 2.24) is 15.4 Å². The van der Waals surface area contributed by atoms with Crippen molar-refractivity contribution in [2.75, 3.05) is 37.9 Å². The molecule has 1 fully saturated rings. The molecule has 8 nitrogen and oxygen atoms in total. The Morgan fingerprint density at radius 1 is 0.977 bits per heavy atom. The molecule has 227 valence electrons. The number of anilines is 1. The van der Waals surface area contributed by atoms with Crippen LogP contribution in [0.1, 0.15) is 56.6 Å². The number of benzene rings is 3. The molecule has 1 N–H and O–H groups in total. The van der Waals surface area contributed by atoms with Gasteiger partial charge in [-0.2, -0.15) is 0 Å². The van der Waals surface area contributed by atoms with Crippen molar-refractivity contribution in [1.29, 1.82) is 0 Å². The van der Waals surface area contributed by atoms with Crippen LogP contribution in [0.15, 0.2) is 72.8 Å². The fourth-order valence-corrected chi connectivity index (χ4v) is 5.59. The predicted octanol–water partition coefficient (Wildman–Crippen LogP) is 6.56. The summed E-state index contributed by atoms with van der Waals surface area (Å²) in [7, 11) is 0. The van der Waals surface area contributed by atoms with Gasteiger partial charge in [0.25, 0.3) is 0 Å². The second-order valence-corrected chi connectivity index (χ2v) is 11.0. The SMILES string of the molecule is CCCCCN(NCc1ccc2c(c1)CCO2)C(=O)CCOC(=O)N(c1ccccc1-c1ccccc1)N1CC[CH]CC1. The van der Waals surface area contributed by atoms with E-state index in [1.165, 1.54) is 5.56 Å². The first kappa shape index (κ1) is 30.6. The number of hydrazine groups is 2. The summed E-state index contributed by atoms with van der Waals surface area (Å²) in [4.78, 5) is 27.0. The van der Waals surface area contributed by atoms with E-state index in [1.807, 2.05) is 71.7 Å². The number of ether oxygens (including phenoxy) is 2. The maximum atomic E-state index is 13.7. The molecule has 5 rings (SSSR count). The van der Waals surface area contributed by atoms with Crippen LogP contribution in [-0.4, -0.2) is 54.9 Å². The van der Waals surface area contributed by atoms with Crippen LogP contribution < -0.4 is 15.2 Å². The predicted molar refractivity (Wildman–Crippen MR) is 169 cm³/mol. The number of fused-ring (bicyclic) bond motifs is 1. The zero-order valence-electron chi connectivity index (χ0n) is 25.2. The first-order chi connectivity index (χ1) is 21.1. The molecule has 0 spiro atoms. The van der Waals surface area contributed by atoms with E-state index in [4.69, 9.17) is 9.47 Å². The third-order valence-corrected chi connectivity index (χ3v) is 7.91. The quantitative estimate of drug-likeness (QED) is 0.182. The molecule has 0 aliphatic carbocycles. The molecule has 0 saturated carbocycles. The number of carbonyl (C=O) groups is 2. The average molecular weight is 584 g/mol. The van der Waals surface area contributed by atoms with Gasteiger partial charge in [-0.3, -0.25) is 9.80 Å². The van der Waals surface area contributed by atoms with E-state index in [2.05, 4.69) is 24.8 Å². The third-order valence-electron chi connectivity index (χ3n) is 7.91. The van der Waals surface area contributed by atoms with Crippen molar-refractivity contribution in [3.63, 3.8) is 0 Å². The van der Waals surface area contributed by atoms with Gasteiger partial charge in [0, 0.05) is 38.2 Å². The van der Waals surface area contributed by atoms with Gasteiger partial charge < -0.3 is 9.47 Å². The number of hydrogen-bond acceptors (Lipinski definition) is 6. The number of rotatable bonds is 13. The number of nitrogens with one attached hydrogen (secondary N) is 1. The molecule has 3 aromatic carbocycles. The van der Waals surface area contributed by atoms with Gasteiger partial charge in [-0.05, 0) is 54.5 Å². The van der Waals surface area contributed by atoms with Crippen LogP contribution in [-0.2, 0) is 22.5 Å². The van der Waals surface area contributed by atoms with E-state index in [-0.39, 0.29) is 18.9 Å². The summed E-state index contributed by atoms with van der Waals surface area (Å²) in [6.07, 6.45) is 7.60. The lowest BCUT2D eigenvalue weighted by molar-refractivity contribution is -0.135. The second-order valence-electron chi connectivity index (χ2n) is 11.0. The lowest BCUT2D eigenvalue weighted by atomic mass is 10.0. The lowest BCUT2D eigenvalue weighted by Crippen LogP contribution is -2.50. The summed E-state index contributed by atoms with van der Waals surface area (Å²) in [6.45, 7) is 5.47. The fraction of sp³-hybridized carbons (Fsp3) is 0.400. The van der Waals surface area contributed by atoms with Crippen molar-refractivity contribution in [2.24, 2.45) is 0 Å². The number of amides is 2. The summed E-state index contributed by atoms with van der Waals surface area (Å²) >= 11 is 0. The molecule has 0 atom stereocenters. The van der Waals surface area contributed by atoms with Crippen molar-refractivity contribution >= 4 is 17.7 Å². The number of piperidine rings is 1. The van der Waals surface area contributed by atoms with E-state index in [9.17, 15) is 9.59 Å². The topological polar surface area (TPSA) is 74.3 Å². The summed E-state index contributed by atoms with van der Waals surface area (Å²) in [5, 5.41) is 5.40. The van der Waals surface area contributed by atoms with Crippen LogP contribution in [0.3, 0.4) is 0 Å². The highest BCUT2D eigenvalue weighted by molar-refractivity contribution is 5.93. The molecule has 0 aromatic heterocycles. The number of unbranched alkanes of at least 4 members (excludes halogenated alkanes) is 2. The van der Waals surface area contributed by atoms with Gasteiger partial charge in [-0.25, -0.2) is 20.2 Å². The maximum absolute atomic E-state index is 13.7. The minimum Gasteiger partial charge on any atom is -0.493 e. The highest BCUT2D eigenvalue weighted by atomic mass is 16.6. The van der Waals surface area contributed by atoms with Gasteiger partial charge >= 0.3 is 6.09 Å². The highest BCUT2D eigenvalue weighted by Crippen LogP contribution is 2.33. The minimum absolute atomic E-state index is 0.00375. The van der Waals surface area contributed by atoms with Crippen LogP contribution in [0.5, 0.6) is 5.75 Å². The molecule has 2 aliphatic heterocycles. The van der Waals surface area contributed by atoms with Crippen molar-refractivity contribution < 1.29 is 19.1 Å². The smallest absolute Gasteiger partial charge is 0.429 e. The molecular formula is C35H43N4O4. The molecule has 2 aliphatic rings. The van der Waals surface area contributed by atoms with Crippen LogP contribution in [0.2, 0.25) is 0 Å². The van der Waals surface area contributed by atoms with Crippen molar-refractivity contribution in [3.05, 3.63) is 90.3 Å². The lowest BCUT2D eigenvalue weighted by Gasteiger charge is -2.37. The number of hydrogen-bond donors (Lipinski definition) is 1. The van der Waals surface area contributed by atoms with Crippen molar-refractivity contribution in [3.8, 4) is 16.9 Å². The Balaban J connectivity index is 1.24. The largest absolute Gasteiger partial charge is 0.493 e. The summed E-state index contributed by atoms with van der Waals surface area (Å²) in [5.74, 6) is 0.863. The molecule has 1 radical (unpaired) electrons. The standard InChI is InChI=1S/C35H43N4O4/c1-2-3-10-23-38(36-27-28-17-18-33-30(26-28)19-24-42-33)34(40)20-25-43-35(41)39(37-21-11-5-12-22-37)32-16-9-8-15-31(32)29-13-6-4-7-14-29/h4-9,13-18,26,36H,2-3,10-12,19-25,27H2,1H3. The number of para-hydroxylation sites is 1. The Morgan fingerprint density at radius 3 is 2.58 bits per heavy atom. The second kappa shape index (κ2) is 15.5. The van der Waals surface area contributed by atoms with Gasteiger partial charge in [-0.15, -0.1) is 0 Å². The number of carbonyl (C=O) groups excluding carboxylic acids is 2. The van der Waals surface area contributed by atoms with Crippen LogP contribution in [0.25, 0.3) is 11.1 Å². The molecule has 2 amide bonds. The van der Waals surface area contributed by atoms with E-state index in [0.717, 1.165) is 86.3 Å². The molecule has 2 heterocycles. The molecule has 43 heavy (non-hydrogen) atoms. The zero-order valence-corrected chi connectivity index (χ0v) is 25.2. The van der Waals surface area contributed by atoms with Gasteiger partial charge in [0.1, 0.15) is 12.4 Å². The van der Waals surface area contributed by atoms with Gasteiger partial charge in [-0.1, -0.05) is 80.4 Å². The normalized spacial score (nSPS) is 14.5. The van der Waals surface area contributed by atoms with E-state index in [0.29, 0.717) is 13.1 Å². The average Bonchev–Trinajstić information content (AvgIpc) is 3.52. The molecule has 3 aromatic rings. The summed E-state index contributed by atoms with van der Waals surface area (Å²) < 4.78 is 11.4. The van der Waals surface area contributed by atoms with Crippen LogP contribution in [0, 0.1) is 6.42 Å². The van der Waals surface area contributed by atoms with Gasteiger partial charge in [0.2, 0.25) is 5.91 Å². The summed E-state index contributed by atoms with van der Waals surface area (Å²) in [6, 6.07) is 24.1. The molecule has 1 saturated heterocycles. The molecular weight excluding hydrogens is 540 g/mol. The molecule has 8 heteroatoms. The Hall–Kier alpha value is -3.88. The third kappa shape index (κ3) is 8.15. The Morgan fingerprint density at radius 2 is 1.77 bits per heavy atom. The van der Waals surface area contributed by atoms with Gasteiger partial charge in [0.05, 0.1) is 18.7 Å². The maximum Gasteiger partial charge on any atom is 0.429 e. The Bertz CT molecular complexity index is 1340. The summed E-state index contributed by atoms with van der Waals surface area (Å²) in [5.41, 5.74) is 8.40. The van der Waals surface area contributed by atoms with Gasteiger partial charge in [0.15, 0.2) is 0 Å². The first-order valence-electron chi connectivity index (χ1n) is 15.6. The Kier molecular flexibility index (Phi) is 11.1. The minimum atomic E-state index is -0.469.